The van der Waals surface area contributed by atoms with Crippen LogP contribution in [0.25, 0.3) is 17.0 Å². The number of halogens is 3. The molecule has 1 N–H and O–H groups in total. The van der Waals surface area contributed by atoms with Crippen LogP contribution in [0.5, 0.6) is 5.75 Å². The molecule has 130 valence electrons. The number of likely N-dealkylation sites (N-methyl/N-ethyl adjacent to an activating group) is 1. The predicted octanol–water partition coefficient (Wildman–Crippen LogP) is 4.50. The van der Waals surface area contributed by atoms with Crippen molar-refractivity contribution in [3.63, 3.8) is 0 Å². The summed E-state index contributed by atoms with van der Waals surface area (Å²) in [6, 6.07) is 4.35. The maximum atomic E-state index is 12.6. The van der Waals surface area contributed by atoms with E-state index in [4.69, 9.17) is 17.3 Å². The van der Waals surface area contributed by atoms with Crippen LogP contribution in [-0.4, -0.2) is 49.7 Å². The van der Waals surface area contributed by atoms with Gasteiger partial charge in [0.1, 0.15) is 5.75 Å². The summed E-state index contributed by atoms with van der Waals surface area (Å²) in [5.74, 6) is -0.0295. The van der Waals surface area contributed by atoms with Crippen molar-refractivity contribution in [2.75, 3.05) is 38.1 Å². The van der Waals surface area contributed by atoms with Crippen LogP contribution >= 0.6 is 22.9 Å². The maximum Gasteiger partial charge on any atom is 0.387 e. The van der Waals surface area contributed by atoms with Crippen molar-refractivity contribution in [3.05, 3.63) is 29.0 Å². The number of ether oxygens (including phenoxy) is 1. The highest BCUT2D eigenvalue weighted by Gasteiger charge is 2.20. The number of piperazine rings is 1. The number of anilines is 1. The number of nitrogens with one attached hydrogen (secondary N) is 1. The summed E-state index contributed by atoms with van der Waals surface area (Å²) < 4.78 is 29.8. The highest BCUT2D eigenvalue weighted by Crippen LogP contribution is 2.43. The van der Waals surface area contributed by atoms with Gasteiger partial charge in [-0.3, -0.25) is 0 Å². The normalized spacial score (nSPS) is 16.0. The van der Waals surface area contributed by atoms with Crippen molar-refractivity contribution in [1.29, 1.82) is 0 Å². The minimum atomic E-state index is -2.95. The Balaban J connectivity index is 1.94. The van der Waals surface area contributed by atoms with Crippen molar-refractivity contribution < 1.29 is 13.5 Å². The van der Waals surface area contributed by atoms with Crippen LogP contribution in [0, 0.1) is 0 Å². The van der Waals surface area contributed by atoms with Gasteiger partial charge in [-0.1, -0.05) is 16.6 Å². The van der Waals surface area contributed by atoms with E-state index in [2.05, 4.69) is 26.6 Å². The van der Waals surface area contributed by atoms with Crippen molar-refractivity contribution in [3.8, 4) is 17.0 Å². The van der Waals surface area contributed by atoms with Crippen molar-refractivity contribution in [1.82, 2.24) is 9.88 Å². The lowest BCUT2D eigenvalue weighted by Gasteiger charge is -2.32. The van der Waals surface area contributed by atoms with Crippen LogP contribution in [0.15, 0.2) is 18.2 Å². The number of benzene rings is 1. The van der Waals surface area contributed by atoms with E-state index < -0.39 is 6.61 Å². The molecule has 0 unspecified atom stereocenters. The number of hydrogen-bond donors (Lipinski definition) is 0. The summed E-state index contributed by atoms with van der Waals surface area (Å²) >= 11 is 7.21. The average molecular weight is 374 g/mol. The van der Waals surface area contributed by atoms with E-state index in [1.807, 2.05) is 0 Å². The van der Waals surface area contributed by atoms with Gasteiger partial charge >= 0.3 is 6.61 Å². The Hall–Kier alpha value is -1.64. The van der Waals surface area contributed by atoms with Crippen LogP contribution in [-0.2, 0) is 0 Å². The highest BCUT2D eigenvalue weighted by molar-refractivity contribution is 7.20. The van der Waals surface area contributed by atoms with Crippen molar-refractivity contribution >= 4 is 33.1 Å². The van der Waals surface area contributed by atoms with Gasteiger partial charge in [-0.05, 0) is 25.2 Å². The molecule has 1 aliphatic heterocycles. The standard InChI is InChI=1S/C15H16ClF2N4OS/c1-21-4-6-22(7-5-21)15-20-12(13(19)24-15)10-8-9(16)2-3-11(10)23-14(17)18/h2-3,8,14,19H,4-7H2,1H3/q-1. The zero-order valence-corrected chi connectivity index (χ0v) is 14.5. The summed E-state index contributed by atoms with van der Waals surface area (Å²) in [7, 11) is 2.06. The topological polar surface area (TPSA) is 52.4 Å². The number of aromatic nitrogens is 1. The van der Waals surface area contributed by atoms with Gasteiger partial charge in [0.15, 0.2) is 5.13 Å². The quantitative estimate of drug-likeness (QED) is 0.791. The third-order valence-electron chi connectivity index (χ3n) is 3.80. The third-order valence-corrected chi connectivity index (χ3v) is 4.97. The maximum absolute atomic E-state index is 12.6. The van der Waals surface area contributed by atoms with E-state index in [-0.39, 0.29) is 10.8 Å². The molecule has 2 heterocycles. The third kappa shape index (κ3) is 3.71. The Morgan fingerprint density at radius 2 is 2.00 bits per heavy atom. The van der Waals surface area contributed by atoms with E-state index in [1.165, 1.54) is 29.5 Å². The second-order valence-electron chi connectivity index (χ2n) is 5.48. The van der Waals surface area contributed by atoms with E-state index >= 15 is 0 Å². The Kier molecular flexibility index (Phi) is 5.07. The molecule has 24 heavy (non-hydrogen) atoms. The zero-order valence-electron chi connectivity index (χ0n) is 12.9. The minimum absolute atomic E-state index is 0.0295. The molecule has 0 atom stereocenters. The summed E-state index contributed by atoms with van der Waals surface area (Å²) in [6.07, 6.45) is 0. The number of alkyl halides is 2. The molecule has 5 nitrogen and oxygen atoms in total. The summed E-state index contributed by atoms with van der Waals surface area (Å²) in [4.78, 5) is 8.81. The molecule has 0 bridgehead atoms. The molecule has 1 aromatic heterocycles. The molecule has 2 aromatic rings. The smallest absolute Gasteiger partial charge is 0.387 e. The summed E-state index contributed by atoms with van der Waals surface area (Å²) in [6.45, 7) is 0.519. The van der Waals surface area contributed by atoms with Gasteiger partial charge in [0.05, 0.1) is 5.69 Å². The average Bonchev–Trinajstić information content (AvgIpc) is 2.91. The minimum Gasteiger partial charge on any atom is -0.688 e. The molecule has 1 fully saturated rings. The van der Waals surface area contributed by atoms with Gasteiger partial charge in [-0.2, -0.15) is 8.78 Å². The van der Waals surface area contributed by atoms with Crippen LogP contribution in [0.2, 0.25) is 5.02 Å². The molecule has 0 aliphatic carbocycles. The van der Waals surface area contributed by atoms with Crippen LogP contribution in [0.3, 0.4) is 0 Å². The fraction of sp³-hybridized carbons (Fsp3) is 0.400. The highest BCUT2D eigenvalue weighted by atomic mass is 35.5. The van der Waals surface area contributed by atoms with Gasteiger partial charge < -0.3 is 20.3 Å². The van der Waals surface area contributed by atoms with E-state index in [0.717, 1.165) is 26.2 Å². The molecular weight excluding hydrogens is 358 g/mol. The van der Waals surface area contributed by atoms with Crippen LogP contribution in [0.4, 0.5) is 18.9 Å². The number of thiazole rings is 1. The van der Waals surface area contributed by atoms with Gasteiger partial charge in [-0.25, -0.2) is 4.98 Å². The van der Waals surface area contributed by atoms with Gasteiger partial charge in [-0.15, -0.1) is 11.3 Å². The Labute approximate surface area is 147 Å². The number of nitrogens with zero attached hydrogens (tertiary/aromatic N) is 3. The molecule has 0 radical (unpaired) electrons. The fourth-order valence-electron chi connectivity index (χ4n) is 2.51. The molecular formula is C15H16ClF2N4OS-. The van der Waals surface area contributed by atoms with E-state index in [0.29, 0.717) is 21.4 Å². The predicted molar refractivity (Wildman–Crippen MR) is 92.9 cm³/mol. The second-order valence-corrected chi connectivity index (χ2v) is 6.90. The first kappa shape index (κ1) is 17.2. The van der Waals surface area contributed by atoms with Crippen LogP contribution in [0.1, 0.15) is 0 Å². The summed E-state index contributed by atoms with van der Waals surface area (Å²) in [5, 5.41) is 1.29. The number of hydrogen-bond acceptors (Lipinski definition) is 5. The molecule has 0 saturated carbocycles. The first-order valence-electron chi connectivity index (χ1n) is 7.34. The molecule has 1 aromatic carbocycles. The summed E-state index contributed by atoms with van der Waals surface area (Å²) in [5.41, 5.74) is 8.79. The molecule has 0 amide bonds. The monoisotopic (exact) mass is 373 g/mol. The molecule has 1 aliphatic rings. The largest absolute Gasteiger partial charge is 0.688 e. The van der Waals surface area contributed by atoms with Crippen molar-refractivity contribution in [2.45, 2.75) is 6.61 Å². The molecule has 0 spiro atoms. The van der Waals surface area contributed by atoms with Crippen LogP contribution < -0.4 is 9.64 Å². The lowest BCUT2D eigenvalue weighted by molar-refractivity contribution is -0.0494. The van der Waals surface area contributed by atoms with Gasteiger partial charge in [0, 0.05) is 36.8 Å². The first-order chi connectivity index (χ1) is 11.4. The Morgan fingerprint density at radius 1 is 1.29 bits per heavy atom. The Morgan fingerprint density at radius 3 is 2.67 bits per heavy atom. The molecule has 1 saturated heterocycles. The molecule has 9 heteroatoms. The molecule has 3 rings (SSSR count). The first-order valence-corrected chi connectivity index (χ1v) is 8.54. The van der Waals surface area contributed by atoms with Crippen molar-refractivity contribution in [2.24, 2.45) is 0 Å². The van der Waals surface area contributed by atoms with Gasteiger partial charge in [0.2, 0.25) is 0 Å². The Bertz CT molecular complexity index is 719. The van der Waals surface area contributed by atoms with E-state index in [1.54, 1.807) is 0 Å². The zero-order chi connectivity index (χ0) is 17.3. The lowest BCUT2D eigenvalue weighted by atomic mass is 10.1. The number of rotatable bonds is 4. The van der Waals surface area contributed by atoms with Gasteiger partial charge in [0.25, 0.3) is 0 Å². The van der Waals surface area contributed by atoms with E-state index in [9.17, 15) is 8.78 Å². The SMILES string of the molecule is CN1CCN(c2nc(-c3cc(Cl)ccc3OC(F)F)c([NH-])s2)CC1. The second kappa shape index (κ2) is 7.08. The fourth-order valence-corrected chi connectivity index (χ4v) is 3.57. The lowest BCUT2D eigenvalue weighted by Crippen LogP contribution is -2.44.